The quantitative estimate of drug-likeness (QED) is 0.785. The molecule has 2 nitrogen and oxygen atoms in total. The van der Waals surface area contributed by atoms with E-state index in [4.69, 9.17) is 9.73 Å². The van der Waals surface area contributed by atoms with Gasteiger partial charge >= 0.3 is 0 Å². The molecule has 0 aromatic heterocycles. The number of unbranched alkanes of at least 4 members (excludes halogenated alkanes) is 1. The molecule has 1 atom stereocenters. The first kappa shape index (κ1) is 14.2. The summed E-state index contributed by atoms with van der Waals surface area (Å²) in [5.74, 6) is 0.911. The number of ether oxygens (including phenoxy) is 1. The Kier molecular flexibility index (Phi) is 3.11. The van der Waals surface area contributed by atoms with Gasteiger partial charge in [0.05, 0.1) is 13.2 Å². The molecule has 3 fully saturated rings. The minimum atomic E-state index is -0.870. The van der Waals surface area contributed by atoms with Crippen molar-refractivity contribution in [3.05, 3.63) is 29.3 Å². The largest absolute Gasteiger partial charge is 0.497 e. The van der Waals surface area contributed by atoms with Crippen LogP contribution in [0.5, 0.6) is 5.75 Å². The summed E-state index contributed by atoms with van der Waals surface area (Å²) in [5, 5.41) is 0. The third kappa shape index (κ3) is 2.01. The molecule has 0 N–H and O–H groups in total. The number of nitrogens with zero attached hydrogens (tertiary/aromatic N) is 1. The molecule has 3 saturated carbocycles. The minimum absolute atomic E-state index is 0.0446. The Morgan fingerprint density at radius 1 is 1.32 bits per heavy atom. The predicted molar refractivity (Wildman–Crippen MR) is 86.7 cm³/mol. The van der Waals surface area contributed by atoms with Gasteiger partial charge in [-0.2, -0.15) is 0 Å². The summed E-state index contributed by atoms with van der Waals surface area (Å²) in [7, 11) is 1.71. The van der Waals surface area contributed by atoms with E-state index in [2.05, 4.69) is 19.1 Å². The van der Waals surface area contributed by atoms with Gasteiger partial charge in [0, 0.05) is 11.1 Å². The van der Waals surface area contributed by atoms with Crippen LogP contribution < -0.4 is 4.74 Å². The number of benzene rings is 1. The molecule has 1 aromatic rings. The van der Waals surface area contributed by atoms with E-state index in [1.807, 2.05) is 6.07 Å². The summed E-state index contributed by atoms with van der Waals surface area (Å²) < 4.78 is 19.4. The molecule has 5 rings (SSSR count). The third-order valence-corrected chi connectivity index (χ3v) is 5.69. The molecule has 1 aromatic carbocycles. The van der Waals surface area contributed by atoms with Crippen molar-refractivity contribution in [2.75, 3.05) is 7.11 Å². The molecule has 0 amide bonds. The zero-order valence-corrected chi connectivity index (χ0v) is 13.5. The fourth-order valence-corrected chi connectivity index (χ4v) is 4.59. The van der Waals surface area contributed by atoms with Crippen molar-refractivity contribution < 1.29 is 9.13 Å². The van der Waals surface area contributed by atoms with Crippen LogP contribution in [0.2, 0.25) is 0 Å². The van der Waals surface area contributed by atoms with Crippen molar-refractivity contribution >= 4 is 5.71 Å². The highest BCUT2D eigenvalue weighted by Gasteiger charge is 2.71. The Balaban J connectivity index is 1.69. The summed E-state index contributed by atoms with van der Waals surface area (Å²) in [5.41, 5.74) is 2.95. The van der Waals surface area contributed by atoms with Gasteiger partial charge in [-0.1, -0.05) is 19.8 Å². The molecule has 1 aliphatic heterocycles. The smallest absolute Gasteiger partial charge is 0.119 e. The number of methoxy groups -OCH3 is 1. The molecule has 4 aliphatic rings. The highest BCUT2D eigenvalue weighted by molar-refractivity contribution is 6.09. The summed E-state index contributed by atoms with van der Waals surface area (Å²) in [6.45, 7) is 2.22. The van der Waals surface area contributed by atoms with Crippen molar-refractivity contribution in [3.63, 3.8) is 0 Å². The Bertz CT molecular complexity index is 617. The van der Waals surface area contributed by atoms with Crippen molar-refractivity contribution in [2.45, 2.75) is 63.6 Å². The predicted octanol–water partition coefficient (Wildman–Crippen LogP) is 4.49. The van der Waals surface area contributed by atoms with Crippen LogP contribution >= 0.6 is 0 Å². The maximum Gasteiger partial charge on any atom is 0.119 e. The SMILES string of the molecule is CCCCC1Cc2cc(OC)ccc2C(C23CC(F)(C2)C3)=N1. The van der Waals surface area contributed by atoms with E-state index in [0.29, 0.717) is 25.3 Å². The highest BCUT2D eigenvalue weighted by Crippen LogP contribution is 2.71. The Labute approximate surface area is 131 Å². The van der Waals surface area contributed by atoms with Crippen LogP contribution in [0.15, 0.2) is 23.2 Å². The van der Waals surface area contributed by atoms with Gasteiger partial charge in [0.15, 0.2) is 0 Å². The molecule has 0 radical (unpaired) electrons. The van der Waals surface area contributed by atoms with Crippen LogP contribution in [0.1, 0.15) is 56.6 Å². The van der Waals surface area contributed by atoms with Gasteiger partial charge in [-0.15, -0.1) is 0 Å². The lowest BCUT2D eigenvalue weighted by Crippen LogP contribution is -2.68. The van der Waals surface area contributed by atoms with Crippen molar-refractivity contribution in [1.82, 2.24) is 0 Å². The number of aliphatic imine (C=N–C) groups is 1. The number of hydrogen-bond donors (Lipinski definition) is 0. The normalized spacial score (nSPS) is 35.0. The van der Waals surface area contributed by atoms with Crippen molar-refractivity contribution in [3.8, 4) is 5.75 Å². The molecule has 3 aliphatic carbocycles. The lowest BCUT2D eigenvalue weighted by atomic mass is 9.40. The molecule has 118 valence electrons. The second-order valence-corrected chi connectivity index (χ2v) is 7.46. The topological polar surface area (TPSA) is 21.6 Å². The molecule has 1 heterocycles. The first-order valence-electron chi connectivity index (χ1n) is 8.52. The Morgan fingerprint density at radius 3 is 2.73 bits per heavy atom. The molecule has 2 bridgehead atoms. The van der Waals surface area contributed by atoms with Gasteiger partial charge in [-0.3, -0.25) is 4.99 Å². The molecule has 1 unspecified atom stereocenters. The molecular weight excluding hydrogens is 277 g/mol. The van der Waals surface area contributed by atoms with Crippen molar-refractivity contribution in [2.24, 2.45) is 10.4 Å². The first-order chi connectivity index (χ1) is 10.6. The second-order valence-electron chi connectivity index (χ2n) is 7.46. The number of alkyl halides is 1. The van der Waals surface area contributed by atoms with E-state index < -0.39 is 5.67 Å². The Hall–Kier alpha value is -1.38. The van der Waals surface area contributed by atoms with Gasteiger partial charge in [0.25, 0.3) is 0 Å². The lowest BCUT2D eigenvalue weighted by molar-refractivity contribution is -0.168. The average Bonchev–Trinajstić information content (AvgIpc) is 2.47. The van der Waals surface area contributed by atoms with Crippen LogP contribution in [0, 0.1) is 5.41 Å². The fourth-order valence-electron chi connectivity index (χ4n) is 4.59. The summed E-state index contributed by atoms with van der Waals surface area (Å²) in [4.78, 5) is 5.09. The summed E-state index contributed by atoms with van der Waals surface area (Å²) in [6, 6.07) is 6.66. The first-order valence-corrected chi connectivity index (χ1v) is 8.52. The van der Waals surface area contributed by atoms with Gasteiger partial charge < -0.3 is 4.74 Å². The van der Waals surface area contributed by atoms with Gasteiger partial charge in [0.2, 0.25) is 0 Å². The average molecular weight is 301 g/mol. The van der Waals surface area contributed by atoms with Gasteiger partial charge in [0.1, 0.15) is 11.4 Å². The van der Waals surface area contributed by atoms with Gasteiger partial charge in [-0.25, -0.2) is 4.39 Å². The van der Waals surface area contributed by atoms with Gasteiger partial charge in [-0.05, 0) is 61.4 Å². The highest BCUT2D eigenvalue weighted by atomic mass is 19.1. The standard InChI is InChI=1S/C19H24FNO/c1-3-4-5-14-8-13-9-15(22-2)6-7-16(13)17(21-14)18-10-19(20,11-18)12-18/h6-7,9,14H,3-5,8,10-12H2,1-2H3. The zero-order chi connectivity index (χ0) is 15.4. The molecule has 22 heavy (non-hydrogen) atoms. The maximum atomic E-state index is 14.0. The van der Waals surface area contributed by atoms with E-state index in [1.165, 1.54) is 29.7 Å². The van der Waals surface area contributed by atoms with E-state index >= 15 is 0 Å². The summed E-state index contributed by atoms with van der Waals surface area (Å²) in [6.07, 6.45) is 6.59. The molecular formula is C19H24FNO. The van der Waals surface area contributed by atoms with E-state index in [-0.39, 0.29) is 5.41 Å². The van der Waals surface area contributed by atoms with Crippen LogP contribution in [-0.2, 0) is 6.42 Å². The maximum absolute atomic E-state index is 14.0. The number of hydrogen-bond acceptors (Lipinski definition) is 2. The van der Waals surface area contributed by atoms with Crippen LogP contribution in [-0.4, -0.2) is 24.5 Å². The minimum Gasteiger partial charge on any atom is -0.497 e. The fraction of sp³-hybridized carbons (Fsp3) is 0.632. The van der Waals surface area contributed by atoms with Crippen LogP contribution in [0.4, 0.5) is 4.39 Å². The van der Waals surface area contributed by atoms with Crippen LogP contribution in [0.3, 0.4) is 0 Å². The molecule has 3 heteroatoms. The number of rotatable bonds is 5. The zero-order valence-electron chi connectivity index (χ0n) is 13.5. The van der Waals surface area contributed by atoms with Crippen molar-refractivity contribution in [1.29, 1.82) is 0 Å². The van der Waals surface area contributed by atoms with Crippen LogP contribution in [0.25, 0.3) is 0 Å². The lowest BCUT2D eigenvalue weighted by Gasteiger charge is -2.66. The second kappa shape index (κ2) is 4.81. The Morgan fingerprint density at radius 2 is 2.09 bits per heavy atom. The number of fused-ring (bicyclic) bond motifs is 1. The van der Waals surface area contributed by atoms with E-state index in [1.54, 1.807) is 7.11 Å². The van der Waals surface area contributed by atoms with E-state index in [0.717, 1.165) is 18.6 Å². The monoisotopic (exact) mass is 301 g/mol. The molecule has 0 saturated heterocycles. The molecule has 0 spiro atoms. The van der Waals surface area contributed by atoms with E-state index in [9.17, 15) is 4.39 Å². The summed E-state index contributed by atoms with van der Waals surface area (Å²) >= 11 is 0. The number of halogens is 1. The third-order valence-electron chi connectivity index (χ3n) is 5.69.